The van der Waals surface area contributed by atoms with Crippen molar-refractivity contribution >= 4 is 22.6 Å². The van der Waals surface area contributed by atoms with Gasteiger partial charge in [-0.25, -0.2) is 4.98 Å². The molecular formula is C9H16N4OS. The summed E-state index contributed by atoms with van der Waals surface area (Å²) in [7, 11) is 1.61. The molecule has 84 valence electrons. The Morgan fingerprint density at radius 3 is 2.53 bits per heavy atom. The maximum atomic E-state index is 11.2. The first kappa shape index (κ1) is 11.9. The Morgan fingerprint density at radius 2 is 2.07 bits per heavy atom. The number of aromatic nitrogens is 2. The highest BCUT2D eigenvalue weighted by Crippen LogP contribution is 2.17. The van der Waals surface area contributed by atoms with Gasteiger partial charge in [0, 0.05) is 24.5 Å². The number of likely N-dealkylation sites (N-methyl/N-ethyl adjacent to an activating group) is 1. The van der Waals surface area contributed by atoms with Crippen molar-refractivity contribution in [3.8, 4) is 0 Å². The smallest absolute Gasteiger partial charge is 0.242 e. The second kappa shape index (κ2) is 5.06. The Labute approximate surface area is 93.5 Å². The molecule has 1 rings (SSSR count). The van der Waals surface area contributed by atoms with Crippen LogP contribution in [-0.4, -0.2) is 28.4 Å². The molecule has 0 aromatic carbocycles. The molecule has 0 aliphatic heterocycles. The minimum absolute atomic E-state index is 0.0590. The monoisotopic (exact) mass is 228 g/mol. The first-order valence-corrected chi connectivity index (χ1v) is 5.63. The lowest BCUT2D eigenvalue weighted by Crippen LogP contribution is -2.35. The lowest BCUT2D eigenvalue weighted by atomic mass is 10.2. The zero-order valence-corrected chi connectivity index (χ0v) is 10.2. The number of nitrogens with zero attached hydrogens (tertiary/aromatic N) is 2. The van der Waals surface area contributed by atoms with Gasteiger partial charge in [-0.15, -0.1) is 0 Å². The van der Waals surface area contributed by atoms with Crippen LogP contribution in [0.5, 0.6) is 0 Å². The number of carbonyl (C=O) groups excluding carboxylic acids is 1. The molecule has 15 heavy (non-hydrogen) atoms. The van der Waals surface area contributed by atoms with Crippen LogP contribution in [0.15, 0.2) is 0 Å². The highest BCUT2D eigenvalue weighted by Gasteiger charge is 2.13. The first-order chi connectivity index (χ1) is 7.04. The molecule has 0 aliphatic carbocycles. The summed E-state index contributed by atoms with van der Waals surface area (Å²) in [6.45, 7) is 5.86. The van der Waals surface area contributed by atoms with E-state index in [-0.39, 0.29) is 11.9 Å². The number of hydrogen-bond donors (Lipinski definition) is 2. The Bertz CT molecular complexity index is 337. The van der Waals surface area contributed by atoms with E-state index >= 15 is 0 Å². The summed E-state index contributed by atoms with van der Waals surface area (Å²) in [5.74, 6) is 1.06. The van der Waals surface area contributed by atoms with Crippen LogP contribution >= 0.6 is 11.5 Å². The number of rotatable bonds is 4. The molecule has 5 nitrogen and oxygen atoms in total. The molecule has 1 amide bonds. The second-order valence-corrected chi connectivity index (χ2v) is 4.34. The molecule has 0 unspecified atom stereocenters. The molecule has 0 aliphatic rings. The Kier molecular flexibility index (Phi) is 4.02. The largest absolute Gasteiger partial charge is 0.357 e. The average molecular weight is 228 g/mol. The molecule has 0 fully saturated rings. The summed E-state index contributed by atoms with van der Waals surface area (Å²) in [5.41, 5.74) is 0. The molecule has 0 saturated carbocycles. The van der Waals surface area contributed by atoms with E-state index in [0.717, 1.165) is 5.82 Å². The van der Waals surface area contributed by atoms with Crippen LogP contribution in [0.4, 0.5) is 5.13 Å². The van der Waals surface area contributed by atoms with Crippen molar-refractivity contribution in [3.05, 3.63) is 5.82 Å². The Balaban J connectivity index is 2.61. The van der Waals surface area contributed by atoms with Crippen LogP contribution in [0.2, 0.25) is 0 Å². The van der Waals surface area contributed by atoms with Gasteiger partial charge < -0.3 is 10.6 Å². The standard InChI is InChI=1S/C9H16N4OS/c1-5(2)7-12-9(15-13-7)11-6(3)8(14)10-4/h5-6H,1-4H3,(H,10,14)(H,11,12,13)/t6-/m0/s1. The van der Waals surface area contributed by atoms with Crippen molar-refractivity contribution in [3.63, 3.8) is 0 Å². The van der Waals surface area contributed by atoms with Crippen LogP contribution in [0.25, 0.3) is 0 Å². The quantitative estimate of drug-likeness (QED) is 0.813. The molecule has 0 radical (unpaired) electrons. The van der Waals surface area contributed by atoms with E-state index < -0.39 is 0 Å². The van der Waals surface area contributed by atoms with Gasteiger partial charge in [-0.3, -0.25) is 4.79 Å². The summed E-state index contributed by atoms with van der Waals surface area (Å²) in [4.78, 5) is 15.5. The highest BCUT2D eigenvalue weighted by atomic mass is 32.1. The fraction of sp³-hybridized carbons (Fsp3) is 0.667. The third-order valence-corrected chi connectivity index (χ3v) is 2.60. The lowest BCUT2D eigenvalue weighted by molar-refractivity contribution is -0.121. The SMILES string of the molecule is CNC(=O)[C@H](C)Nc1nc(C(C)C)ns1. The zero-order chi connectivity index (χ0) is 11.4. The van der Waals surface area contributed by atoms with Gasteiger partial charge in [0.1, 0.15) is 11.9 Å². The maximum Gasteiger partial charge on any atom is 0.242 e. The number of carbonyl (C=O) groups is 1. The number of hydrogen-bond acceptors (Lipinski definition) is 5. The van der Waals surface area contributed by atoms with Crippen LogP contribution < -0.4 is 10.6 Å². The molecule has 1 aromatic heterocycles. The van der Waals surface area contributed by atoms with Crippen molar-refractivity contribution in [2.24, 2.45) is 0 Å². The van der Waals surface area contributed by atoms with Gasteiger partial charge in [0.2, 0.25) is 11.0 Å². The summed E-state index contributed by atoms with van der Waals surface area (Å²) in [6.07, 6.45) is 0. The van der Waals surface area contributed by atoms with Gasteiger partial charge in [-0.05, 0) is 6.92 Å². The predicted octanol–water partition coefficient (Wildman–Crippen LogP) is 1.21. The van der Waals surface area contributed by atoms with Crippen molar-refractivity contribution < 1.29 is 4.79 Å². The van der Waals surface area contributed by atoms with E-state index in [1.807, 2.05) is 13.8 Å². The fourth-order valence-electron chi connectivity index (χ4n) is 0.995. The van der Waals surface area contributed by atoms with Crippen LogP contribution in [0, 0.1) is 0 Å². The first-order valence-electron chi connectivity index (χ1n) is 4.86. The van der Waals surface area contributed by atoms with Gasteiger partial charge >= 0.3 is 0 Å². The van der Waals surface area contributed by atoms with Gasteiger partial charge in [0.15, 0.2) is 0 Å². The van der Waals surface area contributed by atoms with E-state index in [1.54, 1.807) is 14.0 Å². The average Bonchev–Trinajstić information content (AvgIpc) is 2.65. The molecule has 1 heterocycles. The Morgan fingerprint density at radius 1 is 1.40 bits per heavy atom. The van der Waals surface area contributed by atoms with Crippen molar-refractivity contribution in [2.45, 2.75) is 32.7 Å². The fourth-order valence-corrected chi connectivity index (χ4v) is 1.79. The van der Waals surface area contributed by atoms with Crippen LogP contribution in [-0.2, 0) is 4.79 Å². The minimum Gasteiger partial charge on any atom is -0.357 e. The lowest BCUT2D eigenvalue weighted by Gasteiger charge is -2.09. The van der Waals surface area contributed by atoms with E-state index in [9.17, 15) is 4.79 Å². The van der Waals surface area contributed by atoms with Gasteiger partial charge in [-0.2, -0.15) is 4.37 Å². The van der Waals surface area contributed by atoms with Gasteiger partial charge in [0.25, 0.3) is 0 Å². The molecule has 2 N–H and O–H groups in total. The van der Waals surface area contributed by atoms with E-state index in [4.69, 9.17) is 0 Å². The second-order valence-electron chi connectivity index (χ2n) is 3.59. The topological polar surface area (TPSA) is 66.9 Å². The normalized spacial score (nSPS) is 12.6. The molecule has 0 saturated heterocycles. The van der Waals surface area contributed by atoms with E-state index in [1.165, 1.54) is 11.5 Å². The molecular weight excluding hydrogens is 212 g/mol. The zero-order valence-electron chi connectivity index (χ0n) is 9.37. The molecule has 0 spiro atoms. The van der Waals surface area contributed by atoms with Crippen molar-refractivity contribution in [1.82, 2.24) is 14.7 Å². The molecule has 1 aromatic rings. The van der Waals surface area contributed by atoms with Crippen molar-refractivity contribution in [1.29, 1.82) is 0 Å². The summed E-state index contributed by atoms with van der Waals surface area (Å²) in [5, 5.41) is 6.26. The number of nitrogens with one attached hydrogen (secondary N) is 2. The van der Waals surface area contributed by atoms with Gasteiger partial charge in [-0.1, -0.05) is 13.8 Å². The van der Waals surface area contributed by atoms with E-state index in [2.05, 4.69) is 20.0 Å². The van der Waals surface area contributed by atoms with Crippen LogP contribution in [0.3, 0.4) is 0 Å². The van der Waals surface area contributed by atoms with Crippen molar-refractivity contribution in [2.75, 3.05) is 12.4 Å². The summed E-state index contributed by atoms with van der Waals surface area (Å²) in [6, 6.07) is -0.289. The summed E-state index contributed by atoms with van der Waals surface area (Å²) >= 11 is 1.28. The minimum atomic E-state index is -0.289. The van der Waals surface area contributed by atoms with Gasteiger partial charge in [0.05, 0.1) is 0 Å². The molecule has 0 bridgehead atoms. The highest BCUT2D eigenvalue weighted by molar-refractivity contribution is 7.09. The predicted molar refractivity (Wildman–Crippen MR) is 61.1 cm³/mol. The summed E-state index contributed by atoms with van der Waals surface area (Å²) < 4.78 is 4.19. The van der Waals surface area contributed by atoms with E-state index in [0.29, 0.717) is 11.0 Å². The maximum absolute atomic E-state index is 11.2. The third kappa shape index (κ3) is 3.16. The number of anilines is 1. The molecule has 6 heteroatoms. The van der Waals surface area contributed by atoms with Crippen LogP contribution in [0.1, 0.15) is 32.5 Å². The Hall–Kier alpha value is -1.17. The molecule has 1 atom stereocenters. The number of amides is 1. The third-order valence-electron chi connectivity index (χ3n) is 1.94.